The Bertz CT molecular complexity index is 1320. The van der Waals surface area contributed by atoms with Crippen LogP contribution in [0.3, 0.4) is 0 Å². The van der Waals surface area contributed by atoms with Gasteiger partial charge in [-0.25, -0.2) is 4.79 Å². The van der Waals surface area contributed by atoms with Gasteiger partial charge in [0.25, 0.3) is 0 Å². The predicted molar refractivity (Wildman–Crippen MR) is 170 cm³/mol. The number of benzene rings is 3. The number of epoxide rings is 2. The Kier molecular flexibility index (Phi) is 11.4. The highest BCUT2D eigenvalue weighted by Gasteiger charge is 2.43. The third-order valence-electron chi connectivity index (χ3n) is 8.42. The minimum atomic E-state index is -0.404. The number of ether oxygens (including phenoxy) is 7. The number of carbonyl (C=O) groups excluding carboxylic acids is 1. The Balaban J connectivity index is 0.842. The number of fused-ring (bicyclic) bond motifs is 1. The first-order chi connectivity index (χ1) is 22.2. The van der Waals surface area contributed by atoms with E-state index in [0.29, 0.717) is 55.4 Å². The zero-order valence-corrected chi connectivity index (χ0v) is 25.9. The fourth-order valence-corrected chi connectivity index (χ4v) is 5.57. The number of carbonyl (C=O) groups is 1. The van der Waals surface area contributed by atoms with Crippen LogP contribution in [0.1, 0.15) is 55.3 Å². The number of rotatable bonds is 19. The molecule has 8 nitrogen and oxygen atoms in total. The molecule has 2 saturated heterocycles. The zero-order chi connectivity index (χ0) is 30.7. The number of esters is 1. The van der Waals surface area contributed by atoms with E-state index in [4.69, 9.17) is 33.2 Å². The summed E-state index contributed by atoms with van der Waals surface area (Å²) in [6, 6.07) is 22.6. The molecular formula is C37H44O8. The Morgan fingerprint density at radius 3 is 1.80 bits per heavy atom. The molecule has 240 valence electrons. The summed E-state index contributed by atoms with van der Waals surface area (Å²) in [7, 11) is 0. The Morgan fingerprint density at radius 1 is 0.644 bits per heavy atom. The fraction of sp³-hybridized carbons (Fsp3) is 0.486. The lowest BCUT2D eigenvalue weighted by molar-refractivity contribution is 0.0734. The second-order valence-electron chi connectivity index (χ2n) is 12.1. The van der Waals surface area contributed by atoms with Crippen molar-refractivity contribution in [2.75, 3.05) is 46.2 Å². The minimum Gasteiger partial charge on any atom is -0.494 e. The van der Waals surface area contributed by atoms with E-state index in [0.717, 1.165) is 81.2 Å². The Labute approximate surface area is 265 Å². The average Bonchev–Trinajstić information content (AvgIpc) is 4.01. The fourth-order valence-electron chi connectivity index (χ4n) is 5.57. The van der Waals surface area contributed by atoms with Gasteiger partial charge in [0.2, 0.25) is 0 Å². The van der Waals surface area contributed by atoms with Gasteiger partial charge in [-0.15, -0.1) is 0 Å². The third-order valence-corrected chi connectivity index (χ3v) is 8.42. The summed E-state index contributed by atoms with van der Waals surface area (Å²) >= 11 is 0. The van der Waals surface area contributed by atoms with Crippen LogP contribution in [0.5, 0.6) is 17.2 Å². The molecule has 8 heteroatoms. The van der Waals surface area contributed by atoms with Gasteiger partial charge in [0.15, 0.2) is 0 Å². The van der Waals surface area contributed by atoms with E-state index in [2.05, 4.69) is 0 Å². The van der Waals surface area contributed by atoms with Crippen molar-refractivity contribution in [2.24, 2.45) is 5.92 Å². The molecule has 4 atom stereocenters. The molecule has 0 bridgehead atoms. The van der Waals surface area contributed by atoms with E-state index in [1.165, 1.54) is 12.8 Å². The van der Waals surface area contributed by atoms with Crippen LogP contribution in [0.2, 0.25) is 0 Å². The first-order valence-corrected chi connectivity index (χ1v) is 16.4. The van der Waals surface area contributed by atoms with Crippen molar-refractivity contribution in [3.8, 4) is 28.4 Å². The van der Waals surface area contributed by atoms with Gasteiger partial charge >= 0.3 is 5.97 Å². The van der Waals surface area contributed by atoms with Crippen molar-refractivity contribution in [1.29, 1.82) is 0 Å². The molecule has 0 radical (unpaired) electrons. The van der Waals surface area contributed by atoms with E-state index < -0.39 is 5.97 Å². The minimum absolute atomic E-state index is 0.319. The highest BCUT2D eigenvalue weighted by molar-refractivity contribution is 5.91. The van der Waals surface area contributed by atoms with Gasteiger partial charge in [0, 0.05) is 19.8 Å². The van der Waals surface area contributed by atoms with Crippen molar-refractivity contribution < 1.29 is 38.0 Å². The summed E-state index contributed by atoms with van der Waals surface area (Å²) in [6.07, 6.45) is 8.75. The van der Waals surface area contributed by atoms with Gasteiger partial charge in [-0.05, 0) is 111 Å². The van der Waals surface area contributed by atoms with Crippen LogP contribution in [-0.2, 0) is 18.9 Å². The topological polar surface area (TPSA) is 88.3 Å². The zero-order valence-electron chi connectivity index (χ0n) is 25.9. The highest BCUT2D eigenvalue weighted by atomic mass is 16.6. The van der Waals surface area contributed by atoms with Crippen molar-refractivity contribution >= 4 is 5.97 Å². The van der Waals surface area contributed by atoms with Crippen LogP contribution >= 0.6 is 0 Å². The molecular weight excluding hydrogens is 572 g/mol. The first-order valence-electron chi connectivity index (χ1n) is 16.4. The van der Waals surface area contributed by atoms with Crippen molar-refractivity contribution in [3.05, 3.63) is 78.4 Å². The molecule has 3 fully saturated rings. The Morgan fingerprint density at radius 2 is 1.20 bits per heavy atom. The van der Waals surface area contributed by atoms with Crippen LogP contribution in [0.15, 0.2) is 72.8 Å². The predicted octanol–water partition coefficient (Wildman–Crippen LogP) is 6.89. The van der Waals surface area contributed by atoms with Gasteiger partial charge in [-0.3, -0.25) is 0 Å². The van der Waals surface area contributed by atoms with E-state index in [1.54, 1.807) is 24.3 Å². The van der Waals surface area contributed by atoms with Crippen LogP contribution in [-0.4, -0.2) is 70.5 Å². The molecule has 3 aromatic carbocycles. The molecule has 45 heavy (non-hydrogen) atoms. The van der Waals surface area contributed by atoms with Crippen molar-refractivity contribution in [2.45, 2.75) is 63.3 Å². The SMILES string of the molecule is O=C(Oc1ccc(-c2ccc(OCCCCOCC3CO3)cc2)cc1)c1ccc(OCCCCOCC2CCC3OC3C2)cc1. The maximum Gasteiger partial charge on any atom is 0.343 e. The highest BCUT2D eigenvalue weighted by Crippen LogP contribution is 2.39. The van der Waals surface area contributed by atoms with Gasteiger partial charge in [0.1, 0.15) is 23.4 Å². The molecule has 4 unspecified atom stereocenters. The molecule has 6 rings (SSSR count). The van der Waals surface area contributed by atoms with Crippen molar-refractivity contribution in [1.82, 2.24) is 0 Å². The maximum absolute atomic E-state index is 12.7. The lowest BCUT2D eigenvalue weighted by atomic mass is 9.90. The summed E-state index contributed by atoms with van der Waals surface area (Å²) in [5.41, 5.74) is 2.56. The summed E-state index contributed by atoms with van der Waals surface area (Å²) in [5.74, 6) is 2.32. The molecule has 3 aromatic rings. The largest absolute Gasteiger partial charge is 0.494 e. The maximum atomic E-state index is 12.7. The van der Waals surface area contributed by atoms with Crippen LogP contribution in [0.25, 0.3) is 11.1 Å². The molecule has 2 heterocycles. The average molecular weight is 617 g/mol. The number of unbranched alkanes of at least 4 members (excludes halogenated alkanes) is 2. The van der Waals surface area contributed by atoms with Gasteiger partial charge in [-0.1, -0.05) is 24.3 Å². The van der Waals surface area contributed by atoms with E-state index in [9.17, 15) is 4.79 Å². The first kappa shape index (κ1) is 31.5. The quantitative estimate of drug-likeness (QED) is 0.0623. The van der Waals surface area contributed by atoms with Crippen molar-refractivity contribution in [3.63, 3.8) is 0 Å². The summed E-state index contributed by atoms with van der Waals surface area (Å²) in [6.45, 7) is 5.15. The summed E-state index contributed by atoms with van der Waals surface area (Å²) < 4.78 is 39.4. The molecule has 0 spiro atoms. The summed E-state index contributed by atoms with van der Waals surface area (Å²) in [5, 5.41) is 0. The van der Waals surface area contributed by atoms with E-state index in [1.807, 2.05) is 48.5 Å². The van der Waals surface area contributed by atoms with E-state index in [-0.39, 0.29) is 0 Å². The smallest absolute Gasteiger partial charge is 0.343 e. The molecule has 1 saturated carbocycles. The second-order valence-corrected chi connectivity index (χ2v) is 12.1. The van der Waals surface area contributed by atoms with Crippen LogP contribution in [0, 0.1) is 5.92 Å². The lowest BCUT2D eigenvalue weighted by Crippen LogP contribution is -2.18. The molecule has 0 aromatic heterocycles. The molecule has 1 aliphatic carbocycles. The lowest BCUT2D eigenvalue weighted by Gasteiger charge is -2.18. The summed E-state index contributed by atoms with van der Waals surface area (Å²) in [4.78, 5) is 12.7. The monoisotopic (exact) mass is 616 g/mol. The van der Waals surface area contributed by atoms with Crippen LogP contribution in [0.4, 0.5) is 0 Å². The van der Waals surface area contributed by atoms with Gasteiger partial charge < -0.3 is 33.2 Å². The Hall–Kier alpha value is -3.43. The molecule has 0 amide bonds. The molecule has 3 aliphatic rings. The number of hydrogen-bond acceptors (Lipinski definition) is 8. The normalized spacial score (nSPS) is 21.5. The second kappa shape index (κ2) is 16.2. The number of hydrogen-bond donors (Lipinski definition) is 0. The van der Waals surface area contributed by atoms with Gasteiger partial charge in [-0.2, -0.15) is 0 Å². The van der Waals surface area contributed by atoms with Gasteiger partial charge in [0.05, 0.1) is 44.2 Å². The van der Waals surface area contributed by atoms with E-state index >= 15 is 0 Å². The standard InChI is InChI=1S/C37H44O8/c38-37(30-10-14-32(15-11-30)42-21-3-1-19-39-24-27-5-18-35-36(23-27)45-35)44-33-16-8-29(9-17-33)28-6-12-31(13-7-28)41-22-4-2-20-40-25-34-26-43-34/h6-17,27,34-36H,1-5,18-26H2. The third kappa shape index (κ3) is 10.3. The van der Waals surface area contributed by atoms with Crippen LogP contribution < -0.4 is 14.2 Å². The molecule has 0 N–H and O–H groups in total. The molecule has 2 aliphatic heterocycles.